The molecule has 0 heterocycles. The van der Waals surface area contributed by atoms with Crippen LogP contribution in [0.25, 0.3) is 0 Å². The normalized spacial score (nSPS) is 9.71. The Morgan fingerprint density at radius 3 is 2.47 bits per heavy atom. The zero-order chi connectivity index (χ0) is 12.7. The predicted octanol–water partition coefficient (Wildman–Crippen LogP) is 1.25. The largest absolute Gasteiger partial charge is 0.448 e. The molecular formula is C11H13ClN2O3. The monoisotopic (exact) mass is 256 g/mol. The van der Waals surface area contributed by atoms with Crippen molar-refractivity contribution in [2.45, 2.75) is 5.88 Å². The van der Waals surface area contributed by atoms with E-state index in [1.807, 2.05) is 0 Å². The minimum absolute atomic E-state index is 0.0564. The molecular weight excluding hydrogens is 244 g/mol. The zero-order valence-electron chi connectivity index (χ0n) is 9.11. The first-order valence-electron chi connectivity index (χ1n) is 4.99. The van der Waals surface area contributed by atoms with Crippen molar-refractivity contribution < 1.29 is 14.3 Å². The number of rotatable bonds is 5. The first-order chi connectivity index (χ1) is 8.13. The van der Waals surface area contributed by atoms with Gasteiger partial charge in [0.25, 0.3) is 5.91 Å². The molecule has 0 atom stereocenters. The van der Waals surface area contributed by atoms with Crippen LogP contribution in [-0.2, 0) is 10.6 Å². The number of nitrogens with one attached hydrogen (secondary N) is 1. The van der Waals surface area contributed by atoms with Crippen molar-refractivity contribution in [3.05, 3.63) is 35.4 Å². The first-order valence-corrected chi connectivity index (χ1v) is 5.52. The molecule has 0 aliphatic carbocycles. The van der Waals surface area contributed by atoms with Gasteiger partial charge in [-0.05, 0) is 17.7 Å². The fraction of sp³-hybridized carbons (Fsp3) is 0.273. The highest BCUT2D eigenvalue weighted by Gasteiger charge is 2.04. The van der Waals surface area contributed by atoms with Crippen molar-refractivity contribution in [3.8, 4) is 0 Å². The Labute approximate surface area is 104 Å². The summed E-state index contributed by atoms with van der Waals surface area (Å²) in [6.45, 7) is 0.278. The molecule has 0 radical (unpaired) electrons. The third-order valence-electron chi connectivity index (χ3n) is 2.00. The van der Waals surface area contributed by atoms with E-state index in [2.05, 4.69) is 10.1 Å². The third kappa shape index (κ3) is 4.74. The van der Waals surface area contributed by atoms with Crippen LogP contribution in [0.3, 0.4) is 0 Å². The summed E-state index contributed by atoms with van der Waals surface area (Å²) < 4.78 is 4.47. The van der Waals surface area contributed by atoms with E-state index in [0.717, 1.165) is 5.56 Å². The molecule has 0 aromatic heterocycles. The van der Waals surface area contributed by atoms with Crippen molar-refractivity contribution in [3.63, 3.8) is 0 Å². The van der Waals surface area contributed by atoms with E-state index in [0.29, 0.717) is 11.4 Å². The predicted molar refractivity (Wildman–Crippen MR) is 63.9 cm³/mol. The Balaban J connectivity index is 2.38. The van der Waals surface area contributed by atoms with E-state index in [-0.39, 0.29) is 19.1 Å². The Morgan fingerprint density at radius 1 is 1.29 bits per heavy atom. The Morgan fingerprint density at radius 2 is 1.94 bits per heavy atom. The highest BCUT2D eigenvalue weighted by Crippen LogP contribution is 2.06. The van der Waals surface area contributed by atoms with Gasteiger partial charge in [-0.1, -0.05) is 12.1 Å². The lowest BCUT2D eigenvalue weighted by Crippen LogP contribution is -2.28. The van der Waals surface area contributed by atoms with Gasteiger partial charge in [0.15, 0.2) is 0 Å². The molecule has 0 saturated carbocycles. The molecule has 92 valence electrons. The molecule has 0 aliphatic rings. The molecule has 0 fully saturated rings. The van der Waals surface area contributed by atoms with Gasteiger partial charge in [-0.15, -0.1) is 11.6 Å². The highest BCUT2D eigenvalue weighted by atomic mass is 35.5. The molecule has 1 aromatic rings. The number of carbonyl (C=O) groups excluding carboxylic acids is 2. The molecule has 2 amide bonds. The minimum Gasteiger partial charge on any atom is -0.448 e. The average molecular weight is 257 g/mol. The molecule has 0 bridgehead atoms. The van der Waals surface area contributed by atoms with Crippen molar-refractivity contribution >= 4 is 23.6 Å². The fourth-order valence-corrected chi connectivity index (χ4v) is 1.34. The van der Waals surface area contributed by atoms with Crippen molar-refractivity contribution in [1.29, 1.82) is 0 Å². The van der Waals surface area contributed by atoms with E-state index in [9.17, 15) is 9.59 Å². The van der Waals surface area contributed by atoms with Crippen LogP contribution in [0, 0.1) is 0 Å². The Kier molecular flexibility index (Phi) is 5.29. The van der Waals surface area contributed by atoms with E-state index in [4.69, 9.17) is 17.3 Å². The van der Waals surface area contributed by atoms with Crippen LogP contribution in [-0.4, -0.2) is 25.2 Å². The van der Waals surface area contributed by atoms with Crippen LogP contribution in [0.15, 0.2) is 24.3 Å². The molecule has 0 saturated heterocycles. The minimum atomic E-state index is -0.856. The summed E-state index contributed by atoms with van der Waals surface area (Å²) >= 11 is 5.63. The van der Waals surface area contributed by atoms with Gasteiger partial charge in [0.2, 0.25) is 0 Å². The van der Waals surface area contributed by atoms with Gasteiger partial charge in [-0.3, -0.25) is 4.79 Å². The number of alkyl halides is 1. The lowest BCUT2D eigenvalue weighted by Gasteiger charge is -2.05. The third-order valence-corrected chi connectivity index (χ3v) is 2.31. The topological polar surface area (TPSA) is 81.4 Å². The second-order valence-electron chi connectivity index (χ2n) is 3.25. The summed E-state index contributed by atoms with van der Waals surface area (Å²) in [4.78, 5) is 21.8. The number of ether oxygens (including phenoxy) is 1. The van der Waals surface area contributed by atoms with Crippen LogP contribution in [0.1, 0.15) is 15.9 Å². The van der Waals surface area contributed by atoms with Crippen LogP contribution < -0.4 is 11.1 Å². The second-order valence-corrected chi connectivity index (χ2v) is 3.52. The quantitative estimate of drug-likeness (QED) is 0.614. The maximum absolute atomic E-state index is 11.6. The number of halogens is 1. The van der Waals surface area contributed by atoms with Gasteiger partial charge in [-0.25, -0.2) is 4.79 Å². The number of amides is 2. The van der Waals surface area contributed by atoms with E-state index in [1.54, 1.807) is 24.3 Å². The Hall–Kier alpha value is -1.75. The van der Waals surface area contributed by atoms with Gasteiger partial charge in [-0.2, -0.15) is 0 Å². The van der Waals surface area contributed by atoms with Crippen LogP contribution in [0.2, 0.25) is 0 Å². The molecule has 3 N–H and O–H groups in total. The summed E-state index contributed by atoms with van der Waals surface area (Å²) in [7, 11) is 0. The SMILES string of the molecule is NC(=O)OCCNC(=O)c1ccc(CCl)cc1. The number of hydrogen-bond acceptors (Lipinski definition) is 3. The van der Waals surface area contributed by atoms with Crippen molar-refractivity contribution in [1.82, 2.24) is 5.32 Å². The summed E-state index contributed by atoms with van der Waals surface area (Å²) in [6, 6.07) is 6.92. The van der Waals surface area contributed by atoms with Gasteiger partial charge in [0, 0.05) is 11.4 Å². The summed E-state index contributed by atoms with van der Waals surface area (Å²) in [6.07, 6.45) is -0.856. The second kappa shape index (κ2) is 6.75. The summed E-state index contributed by atoms with van der Waals surface area (Å²) in [5.74, 6) is 0.174. The lowest BCUT2D eigenvalue weighted by atomic mass is 10.1. The average Bonchev–Trinajstić information content (AvgIpc) is 2.34. The molecule has 6 heteroatoms. The number of primary amides is 1. The highest BCUT2D eigenvalue weighted by molar-refractivity contribution is 6.17. The molecule has 0 spiro atoms. The van der Waals surface area contributed by atoms with E-state index >= 15 is 0 Å². The van der Waals surface area contributed by atoms with Crippen molar-refractivity contribution in [2.75, 3.05) is 13.2 Å². The van der Waals surface area contributed by atoms with Gasteiger partial charge in [0.1, 0.15) is 6.61 Å². The molecule has 0 unspecified atom stereocenters. The smallest absolute Gasteiger partial charge is 0.404 e. The number of hydrogen-bond donors (Lipinski definition) is 2. The van der Waals surface area contributed by atoms with Crippen molar-refractivity contribution in [2.24, 2.45) is 5.73 Å². The number of benzene rings is 1. The first kappa shape index (κ1) is 13.3. The van der Waals surface area contributed by atoms with Gasteiger partial charge in [0.05, 0.1) is 6.54 Å². The summed E-state index contributed by atoms with van der Waals surface area (Å²) in [5, 5.41) is 2.59. The molecule has 0 aliphatic heterocycles. The number of nitrogens with two attached hydrogens (primary N) is 1. The lowest BCUT2D eigenvalue weighted by molar-refractivity contribution is 0.0937. The molecule has 1 aromatic carbocycles. The zero-order valence-corrected chi connectivity index (χ0v) is 9.87. The number of carbonyl (C=O) groups is 2. The fourth-order valence-electron chi connectivity index (χ4n) is 1.16. The Bertz CT molecular complexity index is 392. The maximum atomic E-state index is 11.6. The van der Waals surface area contributed by atoms with Crippen LogP contribution in [0.4, 0.5) is 4.79 Å². The van der Waals surface area contributed by atoms with Gasteiger partial charge >= 0.3 is 6.09 Å². The van der Waals surface area contributed by atoms with E-state index < -0.39 is 6.09 Å². The summed E-state index contributed by atoms with van der Waals surface area (Å²) in [5.41, 5.74) is 6.24. The molecule has 1 rings (SSSR count). The van der Waals surface area contributed by atoms with Crippen LogP contribution >= 0.6 is 11.6 Å². The van der Waals surface area contributed by atoms with E-state index in [1.165, 1.54) is 0 Å². The molecule has 5 nitrogen and oxygen atoms in total. The molecule has 17 heavy (non-hydrogen) atoms. The van der Waals surface area contributed by atoms with Gasteiger partial charge < -0.3 is 15.8 Å². The standard InChI is InChI=1S/C11H13ClN2O3/c12-7-8-1-3-9(4-2-8)10(15)14-5-6-17-11(13)16/h1-4H,5-7H2,(H2,13,16)(H,14,15). The maximum Gasteiger partial charge on any atom is 0.404 e. The van der Waals surface area contributed by atoms with Crippen LogP contribution in [0.5, 0.6) is 0 Å².